The average Bonchev–Trinajstić information content (AvgIpc) is 2.41. The molecule has 0 aromatic rings. The lowest BCUT2D eigenvalue weighted by Gasteiger charge is -2.57. The first-order valence-electron chi connectivity index (χ1n) is 7.94. The topological polar surface area (TPSA) is 43.8 Å². The standard InChI is InChI=1S/C15H24N2O2/c18-12-4-5-16-8-10-6-11(14(16)7-12)9-17-13(10)2-1-3-15(17)19/h10-14,18H,1-9H2/t10-,11?,12+,13-,14+/m1/s1. The Morgan fingerprint density at radius 2 is 1.89 bits per heavy atom. The lowest BCUT2D eigenvalue weighted by Crippen LogP contribution is -2.65. The molecular formula is C15H24N2O2. The van der Waals surface area contributed by atoms with Gasteiger partial charge in [0.15, 0.2) is 0 Å². The molecule has 0 radical (unpaired) electrons. The van der Waals surface area contributed by atoms with Crippen LogP contribution >= 0.6 is 0 Å². The van der Waals surface area contributed by atoms with Crippen LogP contribution in [0.1, 0.15) is 38.5 Å². The van der Waals surface area contributed by atoms with Gasteiger partial charge in [-0.1, -0.05) is 0 Å². The minimum Gasteiger partial charge on any atom is -0.393 e. The van der Waals surface area contributed by atoms with Crippen LogP contribution in [0, 0.1) is 11.8 Å². The summed E-state index contributed by atoms with van der Waals surface area (Å²) in [6.07, 6.45) is 6.07. The zero-order valence-corrected chi connectivity index (χ0v) is 11.5. The van der Waals surface area contributed by atoms with Crippen molar-refractivity contribution < 1.29 is 9.90 Å². The molecule has 106 valence electrons. The number of rotatable bonds is 0. The Labute approximate surface area is 114 Å². The first kappa shape index (κ1) is 12.2. The van der Waals surface area contributed by atoms with E-state index in [9.17, 15) is 9.90 Å². The highest BCUT2D eigenvalue weighted by Gasteiger charge is 2.48. The molecule has 4 saturated heterocycles. The third-order valence-electron chi connectivity index (χ3n) is 5.94. The van der Waals surface area contributed by atoms with Gasteiger partial charge in [-0.2, -0.15) is 0 Å². The van der Waals surface area contributed by atoms with Crippen LogP contribution in [0.25, 0.3) is 0 Å². The van der Waals surface area contributed by atoms with E-state index in [2.05, 4.69) is 9.80 Å². The zero-order chi connectivity index (χ0) is 13.0. The van der Waals surface area contributed by atoms with Crippen LogP contribution in [0.4, 0.5) is 0 Å². The monoisotopic (exact) mass is 264 g/mol. The number of aliphatic hydroxyl groups excluding tert-OH is 1. The maximum atomic E-state index is 12.1. The number of hydrogen-bond donors (Lipinski definition) is 1. The van der Waals surface area contributed by atoms with Crippen molar-refractivity contribution in [2.75, 3.05) is 19.6 Å². The van der Waals surface area contributed by atoms with Gasteiger partial charge in [0.1, 0.15) is 0 Å². The van der Waals surface area contributed by atoms with Gasteiger partial charge < -0.3 is 10.0 Å². The van der Waals surface area contributed by atoms with E-state index in [0.717, 1.165) is 45.3 Å². The maximum absolute atomic E-state index is 12.1. The summed E-state index contributed by atoms with van der Waals surface area (Å²) >= 11 is 0. The fourth-order valence-electron chi connectivity index (χ4n) is 5.07. The predicted octanol–water partition coefficient (Wildman–Crippen LogP) is 0.843. The molecule has 4 heteroatoms. The summed E-state index contributed by atoms with van der Waals surface area (Å²) in [6, 6.07) is 1.04. The van der Waals surface area contributed by atoms with Gasteiger partial charge in [0.25, 0.3) is 0 Å². The minimum absolute atomic E-state index is 0.118. The Kier molecular flexibility index (Phi) is 2.85. The Balaban J connectivity index is 1.58. The lowest BCUT2D eigenvalue weighted by atomic mass is 9.70. The van der Waals surface area contributed by atoms with E-state index in [1.807, 2.05) is 0 Å². The molecule has 4 heterocycles. The van der Waals surface area contributed by atoms with E-state index in [0.29, 0.717) is 29.8 Å². The van der Waals surface area contributed by atoms with E-state index >= 15 is 0 Å². The summed E-state index contributed by atoms with van der Waals surface area (Å²) in [6.45, 7) is 3.16. The molecule has 0 spiro atoms. The summed E-state index contributed by atoms with van der Waals surface area (Å²) in [5.41, 5.74) is 0. The quantitative estimate of drug-likeness (QED) is 0.705. The van der Waals surface area contributed by atoms with Crippen molar-refractivity contribution >= 4 is 5.91 Å². The van der Waals surface area contributed by atoms with Crippen LogP contribution in [-0.2, 0) is 4.79 Å². The molecule has 5 atom stereocenters. The Bertz CT molecular complexity index is 386. The molecule has 4 rings (SSSR count). The molecule has 4 aliphatic heterocycles. The first-order valence-corrected chi connectivity index (χ1v) is 7.94. The van der Waals surface area contributed by atoms with Crippen LogP contribution in [0.2, 0.25) is 0 Å². The average molecular weight is 264 g/mol. The summed E-state index contributed by atoms with van der Waals surface area (Å²) in [5, 5.41) is 9.92. The second-order valence-corrected chi connectivity index (χ2v) is 7.00. The molecule has 1 N–H and O–H groups in total. The van der Waals surface area contributed by atoms with Crippen molar-refractivity contribution in [2.24, 2.45) is 11.8 Å². The van der Waals surface area contributed by atoms with Gasteiger partial charge in [0, 0.05) is 38.1 Å². The first-order chi connectivity index (χ1) is 9.22. The van der Waals surface area contributed by atoms with Gasteiger partial charge >= 0.3 is 0 Å². The molecule has 1 amide bonds. The Morgan fingerprint density at radius 1 is 1.05 bits per heavy atom. The summed E-state index contributed by atoms with van der Waals surface area (Å²) in [5.74, 6) is 1.68. The lowest BCUT2D eigenvalue weighted by molar-refractivity contribution is -0.150. The van der Waals surface area contributed by atoms with E-state index in [4.69, 9.17) is 0 Å². The molecule has 4 aliphatic rings. The number of aliphatic hydroxyl groups is 1. The molecule has 19 heavy (non-hydrogen) atoms. The molecule has 0 aromatic carbocycles. The van der Waals surface area contributed by atoms with Gasteiger partial charge in [0.05, 0.1) is 6.10 Å². The van der Waals surface area contributed by atoms with Crippen molar-refractivity contribution in [1.29, 1.82) is 0 Å². The highest BCUT2D eigenvalue weighted by Crippen LogP contribution is 2.42. The van der Waals surface area contributed by atoms with Crippen LogP contribution in [0.5, 0.6) is 0 Å². The number of nitrogens with zero attached hydrogens (tertiary/aromatic N) is 2. The largest absolute Gasteiger partial charge is 0.393 e. The predicted molar refractivity (Wildman–Crippen MR) is 71.6 cm³/mol. The number of fused-ring (bicyclic) bond motifs is 6. The SMILES string of the molecule is O=C1CCC[C@@H]2[C@@H]3CC(CN12)[C@@H]1C[C@@H](O)CCN1C3. The molecule has 1 unspecified atom stereocenters. The summed E-state index contributed by atoms with van der Waals surface area (Å²) in [4.78, 5) is 17.0. The van der Waals surface area contributed by atoms with Crippen LogP contribution in [-0.4, -0.2) is 58.6 Å². The van der Waals surface area contributed by atoms with Crippen LogP contribution < -0.4 is 0 Å². The van der Waals surface area contributed by atoms with Gasteiger partial charge in [0.2, 0.25) is 5.91 Å². The molecule has 2 bridgehead atoms. The van der Waals surface area contributed by atoms with Gasteiger partial charge in [-0.3, -0.25) is 9.69 Å². The van der Waals surface area contributed by atoms with Crippen molar-refractivity contribution in [1.82, 2.24) is 9.80 Å². The molecule has 0 aliphatic carbocycles. The normalized spacial score (nSPS) is 46.7. The van der Waals surface area contributed by atoms with E-state index in [1.165, 1.54) is 12.8 Å². The highest BCUT2D eigenvalue weighted by atomic mass is 16.3. The van der Waals surface area contributed by atoms with Crippen molar-refractivity contribution in [3.63, 3.8) is 0 Å². The third-order valence-corrected chi connectivity index (χ3v) is 5.94. The second kappa shape index (κ2) is 4.45. The molecule has 0 saturated carbocycles. The summed E-state index contributed by atoms with van der Waals surface area (Å²) in [7, 11) is 0. The van der Waals surface area contributed by atoms with Gasteiger partial charge in [-0.05, 0) is 43.9 Å². The van der Waals surface area contributed by atoms with Gasteiger partial charge in [-0.15, -0.1) is 0 Å². The molecule has 4 fully saturated rings. The number of carbonyl (C=O) groups is 1. The highest BCUT2D eigenvalue weighted by molar-refractivity contribution is 5.77. The molecular weight excluding hydrogens is 240 g/mol. The number of carbonyl (C=O) groups excluding carboxylic acids is 1. The van der Waals surface area contributed by atoms with E-state index < -0.39 is 0 Å². The van der Waals surface area contributed by atoms with Crippen molar-refractivity contribution in [3.8, 4) is 0 Å². The molecule has 0 aromatic heterocycles. The molecule has 4 nitrogen and oxygen atoms in total. The third kappa shape index (κ3) is 1.91. The Morgan fingerprint density at radius 3 is 2.79 bits per heavy atom. The fourth-order valence-corrected chi connectivity index (χ4v) is 5.07. The smallest absolute Gasteiger partial charge is 0.222 e. The number of hydrogen-bond acceptors (Lipinski definition) is 3. The van der Waals surface area contributed by atoms with Crippen LogP contribution in [0.15, 0.2) is 0 Å². The minimum atomic E-state index is -0.118. The van der Waals surface area contributed by atoms with E-state index in [-0.39, 0.29) is 6.10 Å². The zero-order valence-electron chi connectivity index (χ0n) is 11.5. The van der Waals surface area contributed by atoms with Crippen molar-refractivity contribution in [2.45, 2.75) is 56.7 Å². The summed E-state index contributed by atoms with van der Waals surface area (Å²) < 4.78 is 0. The van der Waals surface area contributed by atoms with Crippen LogP contribution in [0.3, 0.4) is 0 Å². The number of amides is 1. The van der Waals surface area contributed by atoms with Gasteiger partial charge in [-0.25, -0.2) is 0 Å². The Hall–Kier alpha value is -0.610. The van der Waals surface area contributed by atoms with E-state index in [1.54, 1.807) is 0 Å². The van der Waals surface area contributed by atoms with Crippen molar-refractivity contribution in [3.05, 3.63) is 0 Å². The maximum Gasteiger partial charge on any atom is 0.222 e. The second-order valence-electron chi connectivity index (χ2n) is 7.00. The number of piperidine rings is 4. The fraction of sp³-hybridized carbons (Fsp3) is 0.933.